The summed E-state index contributed by atoms with van der Waals surface area (Å²) in [5.41, 5.74) is 0. The molecular weight excluding hydrogens is 220 g/mol. The van der Waals surface area contributed by atoms with Crippen LogP contribution in [0.25, 0.3) is 0 Å². The van der Waals surface area contributed by atoms with Crippen LogP contribution in [0.2, 0.25) is 0 Å². The molecule has 3 N–H and O–H groups in total. The van der Waals surface area contributed by atoms with Crippen molar-refractivity contribution in [3.63, 3.8) is 0 Å². The van der Waals surface area contributed by atoms with Gasteiger partial charge >= 0.3 is 0 Å². The molecule has 0 spiro atoms. The summed E-state index contributed by atoms with van der Waals surface area (Å²) in [7, 11) is 0. The van der Waals surface area contributed by atoms with Gasteiger partial charge in [-0.05, 0) is 0 Å². The van der Waals surface area contributed by atoms with E-state index in [1.807, 2.05) is 0 Å². The molecular formula is C5H9BrO5. The third-order valence-corrected chi connectivity index (χ3v) is 1.95. The highest BCUT2D eigenvalue weighted by atomic mass is 79.9. The predicted octanol–water partition coefficient (Wildman–Crippen LogP) is -1.25. The van der Waals surface area contributed by atoms with E-state index in [4.69, 9.17) is 20.1 Å². The molecule has 1 aliphatic heterocycles. The van der Waals surface area contributed by atoms with Crippen LogP contribution < -0.4 is 0 Å². The molecule has 0 aromatic carbocycles. The molecule has 1 fully saturated rings. The molecule has 5 nitrogen and oxygen atoms in total. The predicted molar refractivity (Wildman–Crippen MR) is 37.8 cm³/mol. The topological polar surface area (TPSA) is 79.2 Å². The van der Waals surface area contributed by atoms with Crippen LogP contribution in [0, 0.1) is 0 Å². The van der Waals surface area contributed by atoms with Crippen LogP contribution in [0.15, 0.2) is 0 Å². The Bertz CT molecular complexity index is 114. The zero-order chi connectivity index (χ0) is 8.43. The summed E-state index contributed by atoms with van der Waals surface area (Å²) in [5, 5.41) is 26.8. The molecule has 0 aromatic heterocycles. The number of rotatable bonds is 2. The number of aliphatic hydroxyl groups excluding tert-OH is 3. The van der Waals surface area contributed by atoms with Gasteiger partial charge in [0.15, 0.2) is 6.29 Å². The molecule has 1 heterocycles. The lowest BCUT2D eigenvalue weighted by Gasteiger charge is -2.10. The number of halogens is 1. The molecule has 0 bridgehead atoms. The van der Waals surface area contributed by atoms with Crippen LogP contribution in [-0.4, -0.2) is 46.5 Å². The Morgan fingerprint density at radius 3 is 2.27 bits per heavy atom. The fraction of sp³-hybridized carbons (Fsp3) is 1.00. The highest BCUT2D eigenvalue weighted by Crippen LogP contribution is 2.22. The molecule has 6 heteroatoms. The molecule has 0 radical (unpaired) electrons. The lowest BCUT2D eigenvalue weighted by molar-refractivity contribution is -0.103. The molecule has 1 aliphatic rings. The Kier molecular flexibility index (Phi) is 3.23. The first kappa shape index (κ1) is 9.37. The zero-order valence-electron chi connectivity index (χ0n) is 5.55. The molecule has 1 rings (SSSR count). The first-order chi connectivity index (χ1) is 5.20. The molecule has 0 unspecified atom stereocenters. The zero-order valence-corrected chi connectivity index (χ0v) is 7.14. The van der Waals surface area contributed by atoms with Gasteiger partial charge in [0.1, 0.15) is 34.6 Å². The lowest BCUT2D eigenvalue weighted by atomic mass is 10.1. The molecule has 0 aromatic rings. The van der Waals surface area contributed by atoms with E-state index in [0.29, 0.717) is 0 Å². The van der Waals surface area contributed by atoms with E-state index in [2.05, 4.69) is 20.1 Å². The van der Waals surface area contributed by atoms with Crippen molar-refractivity contribution < 1.29 is 23.9 Å². The third kappa shape index (κ3) is 1.71. The van der Waals surface area contributed by atoms with E-state index >= 15 is 0 Å². The second-order valence-electron chi connectivity index (χ2n) is 2.30. The van der Waals surface area contributed by atoms with Gasteiger partial charge in [0.05, 0.1) is 6.61 Å². The van der Waals surface area contributed by atoms with Crippen LogP contribution in [0.1, 0.15) is 0 Å². The van der Waals surface area contributed by atoms with Gasteiger partial charge in [0.2, 0.25) is 0 Å². The van der Waals surface area contributed by atoms with Crippen molar-refractivity contribution in [2.75, 3.05) is 6.61 Å². The second kappa shape index (κ2) is 3.79. The molecule has 66 valence electrons. The fourth-order valence-corrected chi connectivity index (χ4v) is 1.25. The largest absolute Gasteiger partial charge is 0.394 e. The van der Waals surface area contributed by atoms with Crippen molar-refractivity contribution in [1.29, 1.82) is 0 Å². The summed E-state index contributed by atoms with van der Waals surface area (Å²) in [6, 6.07) is 0. The number of hydrogen-bond acceptors (Lipinski definition) is 5. The molecule has 0 saturated carbocycles. The SMILES string of the molecule is OC[C@H]1O[C@H](OBr)[C@@H](O)[C@@H]1O. The molecule has 4 atom stereocenters. The maximum Gasteiger partial charge on any atom is 0.199 e. The van der Waals surface area contributed by atoms with E-state index in [1.54, 1.807) is 0 Å². The van der Waals surface area contributed by atoms with E-state index in [1.165, 1.54) is 0 Å². The van der Waals surface area contributed by atoms with Gasteiger partial charge < -0.3 is 20.1 Å². The van der Waals surface area contributed by atoms with Gasteiger partial charge in [0, 0.05) is 0 Å². The van der Waals surface area contributed by atoms with Gasteiger partial charge in [-0.3, -0.25) is 3.83 Å². The van der Waals surface area contributed by atoms with Crippen molar-refractivity contribution in [2.45, 2.75) is 24.6 Å². The maximum absolute atomic E-state index is 9.12. The molecule has 0 aliphatic carbocycles. The van der Waals surface area contributed by atoms with Crippen molar-refractivity contribution in [2.24, 2.45) is 0 Å². The smallest absolute Gasteiger partial charge is 0.199 e. The minimum Gasteiger partial charge on any atom is -0.394 e. The van der Waals surface area contributed by atoms with Crippen LogP contribution in [0.4, 0.5) is 0 Å². The Labute approximate surface area is 72.0 Å². The van der Waals surface area contributed by atoms with Crippen LogP contribution >= 0.6 is 16.3 Å². The summed E-state index contributed by atoms with van der Waals surface area (Å²) < 4.78 is 9.36. The summed E-state index contributed by atoms with van der Waals surface area (Å²) in [6.07, 6.45) is -3.90. The van der Waals surface area contributed by atoms with E-state index in [-0.39, 0.29) is 6.61 Å². The van der Waals surface area contributed by atoms with Gasteiger partial charge in [0.25, 0.3) is 0 Å². The van der Waals surface area contributed by atoms with Crippen LogP contribution in [0.5, 0.6) is 0 Å². The summed E-state index contributed by atoms with van der Waals surface area (Å²) in [5.74, 6) is 0. The monoisotopic (exact) mass is 228 g/mol. The van der Waals surface area contributed by atoms with Crippen molar-refractivity contribution in [1.82, 2.24) is 0 Å². The number of hydrogen-bond donors (Lipinski definition) is 3. The van der Waals surface area contributed by atoms with Gasteiger partial charge in [-0.2, -0.15) is 0 Å². The lowest BCUT2D eigenvalue weighted by Crippen LogP contribution is -2.33. The van der Waals surface area contributed by atoms with Gasteiger partial charge in [-0.1, -0.05) is 0 Å². The minimum atomic E-state index is -1.12. The minimum absolute atomic E-state index is 0.342. The quantitative estimate of drug-likeness (QED) is 0.551. The van der Waals surface area contributed by atoms with Crippen molar-refractivity contribution in [3.05, 3.63) is 0 Å². The number of ether oxygens (including phenoxy) is 1. The average molecular weight is 229 g/mol. The van der Waals surface area contributed by atoms with E-state index in [9.17, 15) is 0 Å². The van der Waals surface area contributed by atoms with Gasteiger partial charge in [-0.15, -0.1) is 0 Å². The van der Waals surface area contributed by atoms with Crippen LogP contribution in [-0.2, 0) is 8.57 Å². The Morgan fingerprint density at radius 1 is 1.36 bits per heavy atom. The fourth-order valence-electron chi connectivity index (χ4n) is 0.939. The standard InChI is InChI=1S/C5H9BrO5/c6-11-5-4(9)3(8)2(1-7)10-5/h2-5,7-9H,1H2/t2-,3-,4+,5-/m1/s1. The third-order valence-electron chi connectivity index (χ3n) is 1.59. The first-order valence-electron chi connectivity index (χ1n) is 3.10. The highest BCUT2D eigenvalue weighted by molar-refractivity contribution is 9.06. The van der Waals surface area contributed by atoms with E-state index < -0.39 is 24.6 Å². The second-order valence-corrected chi connectivity index (χ2v) is 2.67. The maximum atomic E-state index is 9.12. The van der Waals surface area contributed by atoms with Crippen LogP contribution in [0.3, 0.4) is 0 Å². The normalized spacial score (nSPS) is 44.7. The number of aliphatic hydroxyl groups is 3. The van der Waals surface area contributed by atoms with Crippen molar-refractivity contribution in [3.8, 4) is 0 Å². The highest BCUT2D eigenvalue weighted by Gasteiger charge is 2.42. The summed E-state index contributed by atoms with van der Waals surface area (Å²) >= 11 is 2.62. The Balaban J connectivity index is 2.53. The summed E-state index contributed by atoms with van der Waals surface area (Å²) in [6.45, 7) is -0.342. The van der Waals surface area contributed by atoms with Gasteiger partial charge in [-0.25, -0.2) is 0 Å². The Hall–Kier alpha value is 0.280. The summed E-state index contributed by atoms with van der Waals surface area (Å²) in [4.78, 5) is 0. The molecule has 0 amide bonds. The molecule has 11 heavy (non-hydrogen) atoms. The average Bonchev–Trinajstić information content (AvgIpc) is 2.30. The molecule has 1 saturated heterocycles. The first-order valence-corrected chi connectivity index (χ1v) is 3.75. The van der Waals surface area contributed by atoms with E-state index in [0.717, 1.165) is 0 Å². The Morgan fingerprint density at radius 2 is 2.00 bits per heavy atom. The van der Waals surface area contributed by atoms with Crippen molar-refractivity contribution >= 4 is 16.3 Å².